The molecule has 1 aromatic carbocycles. The number of hydrogen-bond donors (Lipinski definition) is 0. The second-order valence-electron chi connectivity index (χ2n) is 8.26. The Labute approximate surface area is 176 Å². The molecule has 0 radical (unpaired) electrons. The number of carbonyl (C=O) groups excluding carboxylic acids is 1. The first kappa shape index (κ1) is 21.0. The summed E-state index contributed by atoms with van der Waals surface area (Å²) in [4.78, 5) is 14.5. The van der Waals surface area contributed by atoms with E-state index < -0.39 is 19.7 Å². The molecule has 2 aromatic rings. The van der Waals surface area contributed by atoms with Gasteiger partial charge in [-0.2, -0.15) is 5.10 Å². The maximum atomic E-state index is 13.1. The molecule has 30 heavy (non-hydrogen) atoms. The lowest BCUT2D eigenvalue weighted by molar-refractivity contribution is 0.0740. The van der Waals surface area contributed by atoms with Gasteiger partial charge in [-0.15, -0.1) is 0 Å². The summed E-state index contributed by atoms with van der Waals surface area (Å²) in [6.45, 7) is 1.98. The number of sulfone groups is 2. The molecule has 1 amide bonds. The standard InChI is InChI=1S/C20H25N3O5S2/c1-14-3-5-15(6-4-14)19-11-18(21-23(19)17-8-10-30(27,28)13-17)20(24)22(2)16-7-9-29(25,26)12-16/h3-6,11,16-17H,7-10,12-13H2,1-2H3/t16-,17+/m0/s1. The van der Waals surface area contributed by atoms with Crippen LogP contribution in [0.4, 0.5) is 0 Å². The molecule has 0 aliphatic carbocycles. The number of benzene rings is 1. The van der Waals surface area contributed by atoms with Gasteiger partial charge in [0.2, 0.25) is 0 Å². The van der Waals surface area contributed by atoms with Gasteiger partial charge in [0.1, 0.15) is 0 Å². The SMILES string of the molecule is Cc1ccc(-c2cc(C(=O)N(C)[C@H]3CCS(=O)(=O)C3)nn2[C@@H]2CCS(=O)(=O)C2)cc1. The fraction of sp³-hybridized carbons (Fsp3) is 0.500. The predicted octanol–water partition coefficient (Wildman–Crippen LogP) is 1.48. The number of amides is 1. The van der Waals surface area contributed by atoms with E-state index in [1.54, 1.807) is 17.8 Å². The highest BCUT2D eigenvalue weighted by Crippen LogP contribution is 2.31. The highest BCUT2D eigenvalue weighted by atomic mass is 32.2. The first-order chi connectivity index (χ1) is 14.0. The fourth-order valence-corrected chi connectivity index (χ4v) is 7.58. The van der Waals surface area contributed by atoms with Crippen molar-refractivity contribution in [1.82, 2.24) is 14.7 Å². The molecule has 8 nitrogen and oxygen atoms in total. The van der Waals surface area contributed by atoms with Crippen molar-refractivity contribution in [3.8, 4) is 11.3 Å². The number of aromatic nitrogens is 2. The van der Waals surface area contributed by atoms with Gasteiger partial charge in [-0.3, -0.25) is 9.48 Å². The molecule has 0 N–H and O–H groups in total. The Balaban J connectivity index is 1.70. The first-order valence-corrected chi connectivity index (χ1v) is 13.5. The van der Waals surface area contributed by atoms with Crippen molar-refractivity contribution >= 4 is 25.6 Å². The molecule has 2 atom stereocenters. The average Bonchev–Trinajstić information content (AvgIpc) is 3.37. The van der Waals surface area contributed by atoms with Crippen molar-refractivity contribution in [1.29, 1.82) is 0 Å². The summed E-state index contributed by atoms with van der Waals surface area (Å²) < 4.78 is 49.3. The fourth-order valence-electron chi connectivity index (χ4n) is 4.11. The number of rotatable bonds is 4. The van der Waals surface area contributed by atoms with Crippen molar-refractivity contribution in [2.24, 2.45) is 0 Å². The molecule has 1 aromatic heterocycles. The molecule has 0 unspecified atom stereocenters. The molecule has 162 valence electrons. The minimum Gasteiger partial charge on any atom is -0.336 e. The highest BCUT2D eigenvalue weighted by Gasteiger charge is 2.35. The van der Waals surface area contributed by atoms with Crippen molar-refractivity contribution in [2.75, 3.05) is 30.1 Å². The topological polar surface area (TPSA) is 106 Å². The summed E-state index contributed by atoms with van der Waals surface area (Å²) in [6, 6.07) is 8.73. The van der Waals surface area contributed by atoms with E-state index in [-0.39, 0.29) is 46.7 Å². The minimum atomic E-state index is -3.13. The smallest absolute Gasteiger partial charge is 0.274 e. The summed E-state index contributed by atoms with van der Waals surface area (Å²) in [5.41, 5.74) is 2.82. The maximum absolute atomic E-state index is 13.1. The third kappa shape index (κ3) is 4.15. The molecular weight excluding hydrogens is 426 g/mol. The summed E-state index contributed by atoms with van der Waals surface area (Å²) in [7, 11) is -4.65. The van der Waals surface area contributed by atoms with Crippen LogP contribution >= 0.6 is 0 Å². The van der Waals surface area contributed by atoms with Gasteiger partial charge in [-0.1, -0.05) is 29.8 Å². The van der Waals surface area contributed by atoms with Crippen molar-refractivity contribution in [3.63, 3.8) is 0 Å². The molecule has 0 spiro atoms. The molecule has 2 aliphatic rings. The van der Waals surface area contributed by atoms with Crippen LogP contribution < -0.4 is 0 Å². The van der Waals surface area contributed by atoms with Crippen LogP contribution in [0.2, 0.25) is 0 Å². The molecule has 2 saturated heterocycles. The monoisotopic (exact) mass is 451 g/mol. The zero-order chi connectivity index (χ0) is 21.7. The van der Waals surface area contributed by atoms with Gasteiger partial charge >= 0.3 is 0 Å². The Hall–Kier alpha value is -2.20. The Kier molecular flexibility index (Phi) is 5.26. The van der Waals surface area contributed by atoms with E-state index in [4.69, 9.17) is 0 Å². The lowest BCUT2D eigenvalue weighted by Gasteiger charge is -2.22. The average molecular weight is 452 g/mol. The van der Waals surface area contributed by atoms with Gasteiger partial charge in [0.25, 0.3) is 5.91 Å². The Bertz CT molecular complexity index is 1180. The van der Waals surface area contributed by atoms with Crippen LogP contribution in [0.5, 0.6) is 0 Å². The van der Waals surface area contributed by atoms with E-state index in [0.29, 0.717) is 18.5 Å². The first-order valence-electron chi connectivity index (χ1n) is 9.89. The van der Waals surface area contributed by atoms with Crippen molar-refractivity contribution in [2.45, 2.75) is 31.8 Å². The second-order valence-corrected chi connectivity index (χ2v) is 12.7. The molecule has 2 aliphatic heterocycles. The van der Waals surface area contributed by atoms with Gasteiger partial charge in [-0.05, 0) is 31.4 Å². The van der Waals surface area contributed by atoms with E-state index in [9.17, 15) is 21.6 Å². The van der Waals surface area contributed by atoms with E-state index in [1.165, 1.54) is 4.90 Å². The van der Waals surface area contributed by atoms with Crippen LogP contribution in [0.3, 0.4) is 0 Å². The largest absolute Gasteiger partial charge is 0.336 e. The molecule has 10 heteroatoms. The zero-order valence-corrected chi connectivity index (χ0v) is 18.6. The third-order valence-electron chi connectivity index (χ3n) is 5.93. The highest BCUT2D eigenvalue weighted by molar-refractivity contribution is 7.91. The van der Waals surface area contributed by atoms with Crippen molar-refractivity contribution in [3.05, 3.63) is 41.6 Å². The van der Waals surface area contributed by atoms with Crippen LogP contribution in [0.15, 0.2) is 30.3 Å². The molecule has 0 saturated carbocycles. The van der Waals surface area contributed by atoms with Gasteiger partial charge < -0.3 is 4.90 Å². The van der Waals surface area contributed by atoms with E-state index in [2.05, 4.69) is 5.10 Å². The summed E-state index contributed by atoms with van der Waals surface area (Å²) in [5.74, 6) is -0.212. The number of aryl methyl sites for hydroxylation is 1. The molecular formula is C20H25N3O5S2. The van der Waals surface area contributed by atoms with Crippen LogP contribution in [0.25, 0.3) is 11.3 Å². The molecule has 3 heterocycles. The number of nitrogens with zero attached hydrogens (tertiary/aromatic N) is 3. The number of carbonyl (C=O) groups is 1. The van der Waals surface area contributed by atoms with Crippen LogP contribution in [-0.2, 0) is 19.7 Å². The quantitative estimate of drug-likeness (QED) is 0.697. The number of hydrogen-bond acceptors (Lipinski definition) is 6. The van der Waals surface area contributed by atoms with Crippen LogP contribution in [0.1, 0.15) is 34.9 Å². The third-order valence-corrected chi connectivity index (χ3v) is 9.43. The Morgan fingerprint density at radius 1 is 1.03 bits per heavy atom. The normalized spacial score (nSPS) is 24.7. The van der Waals surface area contributed by atoms with Crippen molar-refractivity contribution < 1.29 is 21.6 Å². The van der Waals surface area contributed by atoms with Crippen LogP contribution in [0, 0.1) is 6.92 Å². The van der Waals surface area contributed by atoms with Gasteiger partial charge in [0.15, 0.2) is 25.4 Å². The summed E-state index contributed by atoms with van der Waals surface area (Å²) in [6.07, 6.45) is 0.865. The van der Waals surface area contributed by atoms with Gasteiger partial charge in [-0.25, -0.2) is 16.8 Å². The second kappa shape index (κ2) is 7.49. The minimum absolute atomic E-state index is 0.00210. The van der Waals surface area contributed by atoms with E-state index in [1.807, 2.05) is 31.2 Å². The zero-order valence-electron chi connectivity index (χ0n) is 17.0. The Morgan fingerprint density at radius 2 is 1.67 bits per heavy atom. The van der Waals surface area contributed by atoms with Crippen LogP contribution in [-0.4, -0.2) is 73.5 Å². The van der Waals surface area contributed by atoms with E-state index in [0.717, 1.165) is 11.1 Å². The van der Waals surface area contributed by atoms with E-state index >= 15 is 0 Å². The molecule has 4 rings (SSSR count). The molecule has 0 bridgehead atoms. The predicted molar refractivity (Wildman–Crippen MR) is 114 cm³/mol. The summed E-state index contributed by atoms with van der Waals surface area (Å²) in [5, 5.41) is 4.50. The Morgan fingerprint density at radius 3 is 2.23 bits per heavy atom. The van der Waals surface area contributed by atoms with Gasteiger partial charge in [0, 0.05) is 13.1 Å². The lowest BCUT2D eigenvalue weighted by Crippen LogP contribution is -2.38. The van der Waals surface area contributed by atoms with Gasteiger partial charge in [0.05, 0.1) is 34.7 Å². The lowest BCUT2D eigenvalue weighted by atomic mass is 10.1. The summed E-state index contributed by atoms with van der Waals surface area (Å²) >= 11 is 0. The maximum Gasteiger partial charge on any atom is 0.274 e. The molecule has 2 fully saturated rings.